The van der Waals surface area contributed by atoms with E-state index in [2.05, 4.69) is 10.1 Å². The number of rotatable bonds is 4. The molecule has 0 amide bonds. The van der Waals surface area contributed by atoms with Crippen LogP contribution in [0.25, 0.3) is 5.69 Å². The third-order valence-electron chi connectivity index (χ3n) is 2.56. The lowest BCUT2D eigenvalue weighted by Gasteiger charge is -2.07. The minimum absolute atomic E-state index is 0.108. The first-order valence-electron chi connectivity index (χ1n) is 5.60. The largest absolute Gasteiger partial charge is 0.497 e. The molecule has 0 saturated heterocycles. The maximum atomic E-state index is 13.8. The van der Waals surface area contributed by atoms with Gasteiger partial charge in [-0.05, 0) is 12.1 Å². The molecule has 6 nitrogen and oxygen atoms in total. The van der Waals surface area contributed by atoms with Crippen LogP contribution in [0.3, 0.4) is 0 Å². The molecule has 7 heteroatoms. The van der Waals surface area contributed by atoms with Crippen LogP contribution in [0, 0.1) is 5.82 Å². The molecule has 0 saturated carbocycles. The van der Waals surface area contributed by atoms with Crippen LogP contribution in [-0.2, 0) is 6.42 Å². The zero-order chi connectivity index (χ0) is 14.0. The molecule has 100 valence electrons. The number of ether oxygens (including phenoxy) is 1. The van der Waals surface area contributed by atoms with Gasteiger partial charge in [-0.2, -0.15) is 0 Å². The number of nitrogens with zero attached hydrogens (tertiary/aromatic N) is 3. The number of aromatic carboxylic acids is 1. The van der Waals surface area contributed by atoms with E-state index in [-0.39, 0.29) is 11.5 Å². The van der Waals surface area contributed by atoms with Crippen LogP contribution < -0.4 is 4.74 Å². The van der Waals surface area contributed by atoms with Crippen LogP contribution in [0.1, 0.15) is 23.4 Å². The van der Waals surface area contributed by atoms with E-state index in [0.29, 0.717) is 18.0 Å². The van der Waals surface area contributed by atoms with Gasteiger partial charge in [-0.1, -0.05) is 6.92 Å². The maximum absolute atomic E-state index is 13.8. The molecule has 19 heavy (non-hydrogen) atoms. The van der Waals surface area contributed by atoms with Gasteiger partial charge in [0.2, 0.25) is 0 Å². The van der Waals surface area contributed by atoms with Crippen LogP contribution in [0.2, 0.25) is 0 Å². The predicted molar refractivity (Wildman–Crippen MR) is 64.2 cm³/mol. The molecule has 0 bridgehead atoms. The Labute approximate surface area is 108 Å². The number of carbonyl (C=O) groups is 1. The van der Waals surface area contributed by atoms with Crippen molar-refractivity contribution < 1.29 is 19.0 Å². The van der Waals surface area contributed by atoms with Crippen molar-refractivity contribution >= 4 is 5.97 Å². The SMILES string of the molecule is CCc1nc(C(=O)O)nn1-c1cc(OC)ccc1F. The van der Waals surface area contributed by atoms with Crippen molar-refractivity contribution in [3.05, 3.63) is 35.7 Å². The fourth-order valence-electron chi connectivity index (χ4n) is 1.64. The molecule has 1 N–H and O–H groups in total. The Kier molecular flexibility index (Phi) is 3.46. The van der Waals surface area contributed by atoms with Crippen LogP contribution in [-0.4, -0.2) is 33.0 Å². The minimum Gasteiger partial charge on any atom is -0.497 e. The van der Waals surface area contributed by atoms with Crippen molar-refractivity contribution in [2.24, 2.45) is 0 Å². The van der Waals surface area contributed by atoms with Crippen molar-refractivity contribution in [3.63, 3.8) is 0 Å². The van der Waals surface area contributed by atoms with Crippen LogP contribution >= 0.6 is 0 Å². The van der Waals surface area contributed by atoms with Gasteiger partial charge in [0.05, 0.1) is 7.11 Å². The molecule has 0 aliphatic rings. The monoisotopic (exact) mass is 265 g/mol. The fraction of sp³-hybridized carbons (Fsp3) is 0.250. The van der Waals surface area contributed by atoms with Gasteiger partial charge in [0.1, 0.15) is 23.1 Å². The fourth-order valence-corrected chi connectivity index (χ4v) is 1.64. The van der Waals surface area contributed by atoms with Gasteiger partial charge >= 0.3 is 5.97 Å². The number of halogens is 1. The number of hydrogen-bond donors (Lipinski definition) is 1. The Bertz CT molecular complexity index is 625. The smallest absolute Gasteiger partial charge is 0.375 e. The maximum Gasteiger partial charge on any atom is 0.375 e. The molecule has 1 heterocycles. The van der Waals surface area contributed by atoms with E-state index in [0.717, 1.165) is 0 Å². The average molecular weight is 265 g/mol. The summed E-state index contributed by atoms with van der Waals surface area (Å²) in [6.07, 6.45) is 0.428. The highest BCUT2D eigenvalue weighted by molar-refractivity contribution is 5.83. The van der Waals surface area contributed by atoms with Crippen LogP contribution in [0.4, 0.5) is 4.39 Å². The number of carboxylic acids is 1. The van der Waals surface area contributed by atoms with E-state index in [1.54, 1.807) is 6.92 Å². The van der Waals surface area contributed by atoms with E-state index in [1.807, 2.05) is 0 Å². The van der Waals surface area contributed by atoms with Gasteiger partial charge in [0.15, 0.2) is 0 Å². The van der Waals surface area contributed by atoms with E-state index >= 15 is 0 Å². The summed E-state index contributed by atoms with van der Waals surface area (Å²) in [5.74, 6) is -1.33. The van der Waals surface area contributed by atoms with Gasteiger partial charge in [-0.3, -0.25) is 0 Å². The van der Waals surface area contributed by atoms with Crippen molar-refractivity contribution in [1.82, 2.24) is 14.8 Å². The van der Waals surface area contributed by atoms with Crippen molar-refractivity contribution in [2.75, 3.05) is 7.11 Å². The summed E-state index contributed by atoms with van der Waals surface area (Å²) in [5, 5.41) is 12.7. The number of aromatic nitrogens is 3. The molecule has 2 aromatic rings. The first-order chi connectivity index (χ1) is 9.06. The first kappa shape index (κ1) is 13.0. The highest BCUT2D eigenvalue weighted by Crippen LogP contribution is 2.21. The summed E-state index contributed by atoms with van der Waals surface area (Å²) < 4.78 is 20.0. The van der Waals surface area contributed by atoms with Gasteiger partial charge in [0, 0.05) is 12.5 Å². The van der Waals surface area contributed by atoms with Crippen molar-refractivity contribution in [2.45, 2.75) is 13.3 Å². The standard InChI is InChI=1S/C12H12FN3O3/c1-3-10-14-11(12(17)18)15-16(10)9-6-7(19-2)4-5-8(9)13/h4-6H,3H2,1-2H3,(H,17,18). The average Bonchev–Trinajstić information content (AvgIpc) is 2.83. The molecule has 2 rings (SSSR count). The summed E-state index contributed by atoms with van der Waals surface area (Å²) in [6, 6.07) is 4.14. The molecule has 0 radical (unpaired) electrons. The summed E-state index contributed by atoms with van der Waals surface area (Å²) in [7, 11) is 1.46. The summed E-state index contributed by atoms with van der Waals surface area (Å²) in [6.45, 7) is 1.78. The molecule has 1 aromatic carbocycles. The molecule has 0 aliphatic carbocycles. The number of aryl methyl sites for hydroxylation is 1. The second kappa shape index (κ2) is 5.05. The van der Waals surface area contributed by atoms with E-state index in [9.17, 15) is 9.18 Å². The van der Waals surface area contributed by atoms with E-state index in [1.165, 1.54) is 30.0 Å². The quantitative estimate of drug-likeness (QED) is 0.910. The van der Waals surface area contributed by atoms with Gasteiger partial charge in [0.25, 0.3) is 5.82 Å². The number of benzene rings is 1. The molecule has 0 atom stereocenters. The lowest BCUT2D eigenvalue weighted by Crippen LogP contribution is -2.06. The third-order valence-corrected chi connectivity index (χ3v) is 2.56. The number of hydrogen-bond acceptors (Lipinski definition) is 4. The highest BCUT2D eigenvalue weighted by atomic mass is 19.1. The minimum atomic E-state index is -1.25. The van der Waals surface area contributed by atoms with Crippen molar-refractivity contribution in [3.8, 4) is 11.4 Å². The second-order valence-electron chi connectivity index (χ2n) is 3.74. The normalized spacial score (nSPS) is 10.5. The third kappa shape index (κ3) is 2.40. The molecular weight excluding hydrogens is 253 g/mol. The summed E-state index contributed by atoms with van der Waals surface area (Å²) >= 11 is 0. The highest BCUT2D eigenvalue weighted by Gasteiger charge is 2.17. The topological polar surface area (TPSA) is 77.2 Å². The Morgan fingerprint density at radius 2 is 2.26 bits per heavy atom. The lowest BCUT2D eigenvalue weighted by molar-refractivity contribution is 0.0683. The van der Waals surface area contributed by atoms with Crippen LogP contribution in [0.5, 0.6) is 5.75 Å². The Morgan fingerprint density at radius 3 is 2.84 bits per heavy atom. The van der Waals surface area contributed by atoms with Gasteiger partial charge in [-0.25, -0.2) is 18.9 Å². The van der Waals surface area contributed by atoms with Gasteiger partial charge < -0.3 is 9.84 Å². The molecule has 0 aliphatic heterocycles. The second-order valence-corrected chi connectivity index (χ2v) is 3.74. The summed E-state index contributed by atoms with van der Waals surface area (Å²) in [4.78, 5) is 14.7. The molecular formula is C12H12FN3O3. The van der Waals surface area contributed by atoms with E-state index in [4.69, 9.17) is 9.84 Å². The molecule has 0 unspecified atom stereocenters. The summed E-state index contributed by atoms with van der Waals surface area (Å²) in [5.41, 5.74) is 0.108. The predicted octanol–water partition coefficient (Wildman–Crippen LogP) is 1.68. The zero-order valence-corrected chi connectivity index (χ0v) is 10.4. The number of carboxylic acid groups (broad SMARTS) is 1. The van der Waals surface area contributed by atoms with Crippen LogP contribution in [0.15, 0.2) is 18.2 Å². The molecule has 0 spiro atoms. The Morgan fingerprint density at radius 1 is 1.53 bits per heavy atom. The lowest BCUT2D eigenvalue weighted by atomic mass is 10.3. The van der Waals surface area contributed by atoms with Gasteiger partial charge in [-0.15, -0.1) is 5.10 Å². The Balaban J connectivity index is 2.60. The first-order valence-corrected chi connectivity index (χ1v) is 5.60. The Hall–Kier alpha value is -2.44. The zero-order valence-electron chi connectivity index (χ0n) is 10.4. The number of methoxy groups -OCH3 is 1. The van der Waals surface area contributed by atoms with E-state index < -0.39 is 11.8 Å². The molecule has 0 fully saturated rings. The molecule has 1 aromatic heterocycles. The van der Waals surface area contributed by atoms with Crippen molar-refractivity contribution in [1.29, 1.82) is 0 Å².